The molecule has 0 bridgehead atoms. The van der Waals surface area contributed by atoms with Gasteiger partial charge < -0.3 is 10.2 Å². The van der Waals surface area contributed by atoms with Crippen LogP contribution in [0.5, 0.6) is 0 Å². The van der Waals surface area contributed by atoms with E-state index in [1.807, 2.05) is 6.92 Å². The highest BCUT2D eigenvalue weighted by atomic mass is 35.5. The number of carbonyl (C=O) groups is 2. The quantitative estimate of drug-likeness (QED) is 0.734. The lowest BCUT2D eigenvalue weighted by molar-refractivity contribution is -0.120. The van der Waals surface area contributed by atoms with E-state index in [2.05, 4.69) is 5.32 Å². The number of amides is 2. The van der Waals surface area contributed by atoms with Gasteiger partial charge in [-0.25, -0.2) is 0 Å². The van der Waals surface area contributed by atoms with Crippen LogP contribution in [0.15, 0.2) is 24.3 Å². The van der Waals surface area contributed by atoms with Gasteiger partial charge in [0, 0.05) is 17.9 Å². The van der Waals surface area contributed by atoms with Gasteiger partial charge >= 0.3 is 0 Å². The fourth-order valence-corrected chi connectivity index (χ4v) is 3.62. The number of carbonyl (C=O) groups excluding carboxylic acids is 2. The van der Waals surface area contributed by atoms with Crippen molar-refractivity contribution in [3.8, 4) is 0 Å². The number of rotatable bonds is 5. The second kappa shape index (κ2) is 6.24. The number of anilines is 2. The molecule has 2 amide bonds. The van der Waals surface area contributed by atoms with E-state index in [1.165, 1.54) is 0 Å². The summed E-state index contributed by atoms with van der Waals surface area (Å²) in [5, 5.41) is 2.78. The smallest absolute Gasteiger partial charge is 0.233 e. The summed E-state index contributed by atoms with van der Waals surface area (Å²) in [6, 6.07) is 7.05. The predicted octanol–water partition coefficient (Wildman–Crippen LogP) is 4.37. The molecule has 2 saturated carbocycles. The molecule has 2 unspecified atom stereocenters. The molecular weight excluding hydrogens is 394 g/mol. The monoisotopic (exact) mass is 408 g/mol. The molecule has 130 valence electrons. The van der Waals surface area contributed by atoms with Gasteiger partial charge in [-0.15, -0.1) is 46.4 Å². The Morgan fingerprint density at radius 2 is 1.75 bits per heavy atom. The third-order valence-electron chi connectivity index (χ3n) is 4.27. The number of hydrogen-bond acceptors (Lipinski definition) is 2. The number of hydrogen-bond donors (Lipinski definition) is 1. The molecule has 4 nitrogen and oxygen atoms in total. The average Bonchev–Trinajstić information content (AvgIpc) is 3.34. The summed E-state index contributed by atoms with van der Waals surface area (Å²) in [7, 11) is 0. The molecule has 0 radical (unpaired) electrons. The maximum Gasteiger partial charge on any atom is 0.233 e. The van der Waals surface area contributed by atoms with Crippen molar-refractivity contribution in [2.24, 2.45) is 11.8 Å². The van der Waals surface area contributed by atoms with Gasteiger partial charge in [-0.3, -0.25) is 9.59 Å². The first kappa shape index (κ1) is 18.1. The number of nitrogens with zero attached hydrogens (tertiary/aromatic N) is 1. The Morgan fingerprint density at radius 1 is 1.17 bits per heavy atom. The topological polar surface area (TPSA) is 49.4 Å². The normalized spacial score (nSPS) is 25.7. The van der Waals surface area contributed by atoms with Gasteiger partial charge in [0.15, 0.2) is 0 Å². The van der Waals surface area contributed by atoms with E-state index in [0.29, 0.717) is 30.8 Å². The standard InChI is InChI=1S/C16H16Cl4N2O2/c1-2-22(14(24)12-8-16(12,19)20)10-5-3-4-9(6-10)21-13(23)11-7-15(11,17)18/h3-6,11-12H,2,7-8H2,1H3,(H,21,23). The van der Waals surface area contributed by atoms with Crippen LogP contribution in [-0.2, 0) is 9.59 Å². The molecule has 1 N–H and O–H groups in total. The molecule has 3 rings (SSSR count). The van der Waals surface area contributed by atoms with Crippen molar-refractivity contribution in [3.63, 3.8) is 0 Å². The fraction of sp³-hybridized carbons (Fsp3) is 0.500. The van der Waals surface area contributed by atoms with Crippen LogP contribution in [0.25, 0.3) is 0 Å². The van der Waals surface area contributed by atoms with Crippen LogP contribution in [0.1, 0.15) is 19.8 Å². The zero-order valence-corrected chi connectivity index (χ0v) is 15.9. The Labute approximate surface area is 160 Å². The van der Waals surface area contributed by atoms with Crippen molar-refractivity contribution in [2.75, 3.05) is 16.8 Å². The second-order valence-corrected chi connectivity index (χ2v) is 9.24. The van der Waals surface area contributed by atoms with Crippen molar-refractivity contribution < 1.29 is 9.59 Å². The minimum absolute atomic E-state index is 0.117. The van der Waals surface area contributed by atoms with Gasteiger partial charge in [0.2, 0.25) is 11.8 Å². The summed E-state index contributed by atoms with van der Waals surface area (Å²) in [6.45, 7) is 2.35. The summed E-state index contributed by atoms with van der Waals surface area (Å²) < 4.78 is -1.94. The molecule has 1 aromatic rings. The maximum absolute atomic E-state index is 12.5. The first-order valence-corrected chi connectivity index (χ1v) is 9.15. The molecule has 1 aromatic carbocycles. The third kappa shape index (κ3) is 3.62. The molecule has 0 heterocycles. The average molecular weight is 410 g/mol. The zero-order chi connectivity index (χ0) is 17.7. The Morgan fingerprint density at radius 3 is 2.25 bits per heavy atom. The van der Waals surface area contributed by atoms with Crippen molar-refractivity contribution in [3.05, 3.63) is 24.3 Å². The van der Waals surface area contributed by atoms with Gasteiger partial charge in [-0.2, -0.15) is 0 Å². The van der Waals surface area contributed by atoms with Crippen molar-refractivity contribution in [2.45, 2.75) is 28.4 Å². The van der Waals surface area contributed by atoms with Crippen molar-refractivity contribution in [1.82, 2.24) is 0 Å². The molecule has 2 aliphatic rings. The summed E-state index contributed by atoms with van der Waals surface area (Å²) in [5.74, 6) is -1.14. The first-order chi connectivity index (χ1) is 11.2. The molecule has 2 atom stereocenters. The maximum atomic E-state index is 12.5. The van der Waals surface area contributed by atoms with Gasteiger partial charge in [-0.1, -0.05) is 6.07 Å². The van der Waals surface area contributed by atoms with Crippen LogP contribution in [0.2, 0.25) is 0 Å². The van der Waals surface area contributed by atoms with Gasteiger partial charge in [0.1, 0.15) is 8.67 Å². The SMILES string of the molecule is CCN(C(=O)C1CC1(Cl)Cl)c1cccc(NC(=O)C2CC2(Cl)Cl)c1. The lowest BCUT2D eigenvalue weighted by atomic mass is 10.2. The van der Waals surface area contributed by atoms with E-state index in [4.69, 9.17) is 46.4 Å². The second-order valence-electron chi connectivity index (χ2n) is 6.16. The Bertz CT molecular complexity index is 692. The van der Waals surface area contributed by atoms with E-state index in [-0.39, 0.29) is 11.8 Å². The highest BCUT2D eigenvalue weighted by Gasteiger charge is 2.57. The van der Waals surface area contributed by atoms with E-state index < -0.39 is 20.5 Å². The molecule has 0 aliphatic heterocycles. The minimum atomic E-state index is -0.969. The third-order valence-corrected chi connectivity index (χ3v) is 5.94. The van der Waals surface area contributed by atoms with Crippen molar-refractivity contribution in [1.29, 1.82) is 0 Å². The summed E-state index contributed by atoms with van der Waals surface area (Å²) in [5.41, 5.74) is 1.26. The van der Waals surface area contributed by atoms with Crippen molar-refractivity contribution >= 4 is 69.6 Å². The predicted molar refractivity (Wildman–Crippen MR) is 98.2 cm³/mol. The molecule has 8 heteroatoms. The minimum Gasteiger partial charge on any atom is -0.326 e. The molecule has 24 heavy (non-hydrogen) atoms. The molecule has 2 aliphatic carbocycles. The van der Waals surface area contributed by atoms with E-state index in [1.54, 1.807) is 29.2 Å². The van der Waals surface area contributed by atoms with E-state index in [0.717, 1.165) is 0 Å². The van der Waals surface area contributed by atoms with Crippen LogP contribution in [0, 0.1) is 11.8 Å². The Balaban J connectivity index is 1.72. The largest absolute Gasteiger partial charge is 0.326 e. The van der Waals surface area contributed by atoms with Crippen LogP contribution in [-0.4, -0.2) is 27.0 Å². The number of benzene rings is 1. The highest BCUT2D eigenvalue weighted by Crippen LogP contribution is 2.54. The highest BCUT2D eigenvalue weighted by molar-refractivity contribution is 6.53. The molecule has 0 aromatic heterocycles. The zero-order valence-electron chi connectivity index (χ0n) is 12.9. The number of alkyl halides is 4. The molecule has 0 spiro atoms. The van der Waals surface area contributed by atoms with Crippen LogP contribution in [0.4, 0.5) is 11.4 Å². The van der Waals surface area contributed by atoms with E-state index in [9.17, 15) is 9.59 Å². The summed E-state index contributed by atoms with van der Waals surface area (Å²) in [6.07, 6.45) is 0.896. The molecule has 0 saturated heterocycles. The van der Waals surface area contributed by atoms with E-state index >= 15 is 0 Å². The first-order valence-electron chi connectivity index (χ1n) is 7.63. The Kier molecular flexibility index (Phi) is 4.71. The number of nitrogens with one attached hydrogen (secondary N) is 1. The summed E-state index contributed by atoms with van der Waals surface area (Å²) >= 11 is 23.8. The van der Waals surface area contributed by atoms with Crippen LogP contribution >= 0.6 is 46.4 Å². The van der Waals surface area contributed by atoms with Gasteiger partial charge in [0.05, 0.1) is 11.8 Å². The lowest BCUT2D eigenvalue weighted by Gasteiger charge is -2.22. The van der Waals surface area contributed by atoms with Crippen LogP contribution < -0.4 is 10.2 Å². The Hall–Kier alpha value is -0.680. The van der Waals surface area contributed by atoms with Gasteiger partial charge in [0.25, 0.3) is 0 Å². The summed E-state index contributed by atoms with van der Waals surface area (Å²) in [4.78, 5) is 26.2. The number of halogens is 4. The lowest BCUT2D eigenvalue weighted by Crippen LogP contribution is -2.33. The van der Waals surface area contributed by atoms with Gasteiger partial charge in [-0.05, 0) is 38.0 Å². The molecular formula is C16H16Cl4N2O2. The fourth-order valence-electron chi connectivity index (χ4n) is 2.61. The molecule has 2 fully saturated rings. The van der Waals surface area contributed by atoms with Crippen LogP contribution in [0.3, 0.4) is 0 Å².